The van der Waals surface area contributed by atoms with Gasteiger partial charge in [0.15, 0.2) is 0 Å². The minimum atomic E-state index is -0.272. The van der Waals surface area contributed by atoms with E-state index in [9.17, 15) is 9.18 Å². The van der Waals surface area contributed by atoms with Crippen LogP contribution in [0.1, 0.15) is 17.0 Å². The van der Waals surface area contributed by atoms with Gasteiger partial charge in [-0.2, -0.15) is 5.10 Å². The molecule has 6 heteroatoms. The summed E-state index contributed by atoms with van der Waals surface area (Å²) < 4.78 is 14.6. The third kappa shape index (κ3) is 3.17. The van der Waals surface area contributed by atoms with Crippen molar-refractivity contribution in [1.29, 1.82) is 0 Å². The van der Waals surface area contributed by atoms with Crippen LogP contribution in [0.25, 0.3) is 0 Å². The zero-order valence-electron chi connectivity index (χ0n) is 12.4. The van der Waals surface area contributed by atoms with Crippen LogP contribution < -0.4 is 10.6 Å². The van der Waals surface area contributed by atoms with Gasteiger partial charge in [0.1, 0.15) is 5.82 Å². The molecule has 2 heterocycles. The summed E-state index contributed by atoms with van der Waals surface area (Å²) in [4.78, 5) is 12.4. The summed E-state index contributed by atoms with van der Waals surface area (Å²) in [6.07, 6.45) is 3.77. The van der Waals surface area contributed by atoms with Gasteiger partial charge in [-0.15, -0.1) is 0 Å². The van der Waals surface area contributed by atoms with Gasteiger partial charge in [0.25, 0.3) is 0 Å². The third-order valence-corrected chi connectivity index (χ3v) is 4.08. The Bertz CT molecular complexity index is 652. The molecular weight excluding hydrogens is 283 g/mol. The number of carbonyl (C=O) groups is 1. The lowest BCUT2D eigenvalue weighted by atomic mass is 9.90. The fourth-order valence-corrected chi connectivity index (χ4v) is 2.86. The number of nitrogens with one attached hydrogen (secondary N) is 2. The van der Waals surface area contributed by atoms with Crippen LogP contribution >= 0.6 is 0 Å². The summed E-state index contributed by atoms with van der Waals surface area (Å²) >= 11 is 0. The zero-order chi connectivity index (χ0) is 15.5. The van der Waals surface area contributed by atoms with Crippen molar-refractivity contribution >= 4 is 5.91 Å². The molecule has 1 aliphatic rings. The SMILES string of the molecule is Cn1cc([C@H]2CNC[C@@H]2C(=O)NCc2ccc(F)cc2)cn1. The van der Waals surface area contributed by atoms with Crippen molar-refractivity contribution in [2.75, 3.05) is 13.1 Å². The van der Waals surface area contributed by atoms with Crippen molar-refractivity contribution in [1.82, 2.24) is 20.4 Å². The highest BCUT2D eigenvalue weighted by atomic mass is 19.1. The lowest BCUT2D eigenvalue weighted by Gasteiger charge is -2.17. The van der Waals surface area contributed by atoms with Crippen molar-refractivity contribution in [2.45, 2.75) is 12.5 Å². The third-order valence-electron chi connectivity index (χ3n) is 4.08. The molecule has 1 amide bonds. The summed E-state index contributed by atoms with van der Waals surface area (Å²) in [5, 5.41) is 10.4. The number of hydrogen-bond donors (Lipinski definition) is 2. The molecule has 0 spiro atoms. The van der Waals surface area contributed by atoms with Gasteiger partial charge in [-0.25, -0.2) is 4.39 Å². The zero-order valence-corrected chi connectivity index (χ0v) is 12.4. The van der Waals surface area contributed by atoms with Crippen molar-refractivity contribution < 1.29 is 9.18 Å². The molecule has 2 aromatic rings. The smallest absolute Gasteiger partial charge is 0.225 e. The quantitative estimate of drug-likeness (QED) is 0.891. The minimum absolute atomic E-state index is 0.0168. The van der Waals surface area contributed by atoms with E-state index in [0.29, 0.717) is 13.1 Å². The predicted molar refractivity (Wildman–Crippen MR) is 80.6 cm³/mol. The second-order valence-electron chi connectivity index (χ2n) is 5.66. The van der Waals surface area contributed by atoms with E-state index in [1.807, 2.05) is 19.4 Å². The molecule has 1 aromatic heterocycles. The highest BCUT2D eigenvalue weighted by Crippen LogP contribution is 2.27. The van der Waals surface area contributed by atoms with Crippen molar-refractivity contribution in [2.24, 2.45) is 13.0 Å². The molecule has 0 saturated carbocycles. The minimum Gasteiger partial charge on any atom is -0.352 e. The maximum Gasteiger partial charge on any atom is 0.225 e. The van der Waals surface area contributed by atoms with E-state index in [1.165, 1.54) is 12.1 Å². The molecule has 1 saturated heterocycles. The Hall–Kier alpha value is -2.21. The number of nitrogens with zero attached hydrogens (tertiary/aromatic N) is 2. The Labute approximate surface area is 128 Å². The van der Waals surface area contributed by atoms with Crippen LogP contribution in [-0.4, -0.2) is 28.8 Å². The van der Waals surface area contributed by atoms with E-state index in [4.69, 9.17) is 0 Å². The van der Waals surface area contributed by atoms with Gasteiger partial charge in [0, 0.05) is 38.8 Å². The molecule has 1 aliphatic heterocycles. The molecule has 116 valence electrons. The van der Waals surface area contributed by atoms with E-state index in [2.05, 4.69) is 15.7 Å². The van der Waals surface area contributed by atoms with E-state index in [-0.39, 0.29) is 23.6 Å². The maximum atomic E-state index is 12.9. The molecule has 2 atom stereocenters. The Kier molecular flexibility index (Phi) is 4.20. The number of rotatable bonds is 4. The lowest BCUT2D eigenvalue weighted by molar-refractivity contribution is -0.125. The largest absolute Gasteiger partial charge is 0.352 e. The first-order chi connectivity index (χ1) is 10.6. The molecule has 5 nitrogen and oxygen atoms in total. The Morgan fingerprint density at radius 3 is 2.86 bits per heavy atom. The number of carbonyl (C=O) groups excluding carboxylic acids is 1. The topological polar surface area (TPSA) is 59.0 Å². The first kappa shape index (κ1) is 14.7. The van der Waals surface area contributed by atoms with Gasteiger partial charge in [0.2, 0.25) is 5.91 Å². The Balaban J connectivity index is 1.62. The number of hydrogen-bond acceptors (Lipinski definition) is 3. The summed E-state index contributed by atoms with van der Waals surface area (Å²) in [6.45, 7) is 1.85. The van der Waals surface area contributed by atoms with Gasteiger partial charge in [-0.3, -0.25) is 9.48 Å². The molecule has 0 aliphatic carbocycles. The lowest BCUT2D eigenvalue weighted by Crippen LogP contribution is -2.33. The van der Waals surface area contributed by atoms with Crippen LogP contribution in [0.4, 0.5) is 4.39 Å². The molecule has 3 rings (SSSR count). The van der Waals surface area contributed by atoms with Crippen LogP contribution in [0.15, 0.2) is 36.7 Å². The van der Waals surface area contributed by atoms with Gasteiger partial charge in [-0.1, -0.05) is 12.1 Å². The summed E-state index contributed by atoms with van der Waals surface area (Å²) in [7, 11) is 1.87. The average Bonchev–Trinajstić information content (AvgIpc) is 3.14. The van der Waals surface area contributed by atoms with Gasteiger partial charge >= 0.3 is 0 Å². The summed E-state index contributed by atoms with van der Waals surface area (Å²) in [5.41, 5.74) is 1.97. The Morgan fingerprint density at radius 1 is 1.41 bits per heavy atom. The maximum absolute atomic E-state index is 12.9. The monoisotopic (exact) mass is 302 g/mol. The van der Waals surface area contributed by atoms with Crippen LogP contribution in [0.5, 0.6) is 0 Å². The van der Waals surface area contributed by atoms with Gasteiger partial charge < -0.3 is 10.6 Å². The normalized spacial score (nSPS) is 21.0. The van der Waals surface area contributed by atoms with E-state index in [0.717, 1.165) is 17.7 Å². The molecule has 1 aromatic carbocycles. The summed E-state index contributed by atoms with van der Waals surface area (Å²) in [6, 6.07) is 6.16. The van der Waals surface area contributed by atoms with E-state index in [1.54, 1.807) is 16.8 Å². The van der Waals surface area contributed by atoms with Gasteiger partial charge in [0.05, 0.1) is 12.1 Å². The standard InChI is InChI=1S/C16H19FN4O/c1-21-10-12(7-20-21)14-8-18-9-15(14)16(22)19-6-11-2-4-13(17)5-3-11/h2-5,7,10,14-15,18H,6,8-9H2,1H3,(H,19,22)/t14-,15+/m1/s1. The van der Waals surface area contributed by atoms with Crippen LogP contribution in [-0.2, 0) is 18.4 Å². The molecule has 1 fully saturated rings. The molecular formula is C16H19FN4O. The number of benzene rings is 1. The van der Waals surface area contributed by atoms with Crippen LogP contribution in [0.2, 0.25) is 0 Å². The van der Waals surface area contributed by atoms with E-state index < -0.39 is 0 Å². The molecule has 22 heavy (non-hydrogen) atoms. The molecule has 2 N–H and O–H groups in total. The highest BCUT2D eigenvalue weighted by molar-refractivity contribution is 5.80. The second-order valence-corrected chi connectivity index (χ2v) is 5.66. The Morgan fingerprint density at radius 2 is 2.18 bits per heavy atom. The van der Waals surface area contributed by atoms with E-state index >= 15 is 0 Å². The van der Waals surface area contributed by atoms with Crippen molar-refractivity contribution in [3.63, 3.8) is 0 Å². The number of amides is 1. The van der Waals surface area contributed by atoms with Crippen molar-refractivity contribution in [3.8, 4) is 0 Å². The number of aromatic nitrogens is 2. The fraction of sp³-hybridized carbons (Fsp3) is 0.375. The second kappa shape index (κ2) is 6.27. The summed E-state index contributed by atoms with van der Waals surface area (Å²) in [5.74, 6) is -0.221. The molecule has 0 unspecified atom stereocenters. The van der Waals surface area contributed by atoms with Gasteiger partial charge in [-0.05, 0) is 23.3 Å². The first-order valence-corrected chi connectivity index (χ1v) is 7.35. The first-order valence-electron chi connectivity index (χ1n) is 7.35. The number of halogens is 1. The molecule has 0 bridgehead atoms. The van der Waals surface area contributed by atoms with Crippen LogP contribution in [0.3, 0.4) is 0 Å². The average molecular weight is 302 g/mol. The highest BCUT2D eigenvalue weighted by Gasteiger charge is 2.34. The fourth-order valence-electron chi connectivity index (χ4n) is 2.86. The van der Waals surface area contributed by atoms with Crippen molar-refractivity contribution in [3.05, 3.63) is 53.6 Å². The number of aryl methyl sites for hydroxylation is 1. The predicted octanol–water partition coefficient (Wildman–Crippen LogP) is 1.18. The molecule has 0 radical (unpaired) electrons. The van der Waals surface area contributed by atoms with Crippen LogP contribution in [0, 0.1) is 11.7 Å².